The number of non-ortho nitro benzene ring substituents is 1. The maximum Gasteiger partial charge on any atom is 0.269 e. The molecule has 0 saturated heterocycles. The lowest BCUT2D eigenvalue weighted by atomic mass is 10.2. The van der Waals surface area contributed by atoms with E-state index in [9.17, 15) is 14.9 Å². The minimum atomic E-state index is -0.417. The monoisotopic (exact) mass is 318 g/mol. The summed E-state index contributed by atoms with van der Waals surface area (Å²) in [4.78, 5) is 21.5. The number of nitrogens with zero attached hydrogens (tertiary/aromatic N) is 3. The number of nitro groups is 1. The van der Waals surface area contributed by atoms with Crippen molar-refractivity contribution in [1.82, 2.24) is 10.2 Å². The SMILES string of the molecule is CCC(=O)Nc1ccc(SCc2cccc([N+](=O)[O-])c2)nn1. The van der Waals surface area contributed by atoms with Crippen molar-refractivity contribution in [3.8, 4) is 0 Å². The number of nitro benzene ring substituents is 1. The molecule has 1 N–H and O–H groups in total. The first-order chi connectivity index (χ1) is 10.6. The van der Waals surface area contributed by atoms with E-state index in [1.807, 2.05) is 6.07 Å². The summed E-state index contributed by atoms with van der Waals surface area (Å²) in [5.41, 5.74) is 0.908. The van der Waals surface area contributed by atoms with Gasteiger partial charge in [-0.15, -0.1) is 10.2 Å². The van der Waals surface area contributed by atoms with E-state index in [1.165, 1.54) is 23.9 Å². The Morgan fingerprint density at radius 2 is 2.14 bits per heavy atom. The van der Waals surface area contributed by atoms with Crippen LogP contribution in [-0.4, -0.2) is 21.0 Å². The Kier molecular flexibility index (Phi) is 5.42. The van der Waals surface area contributed by atoms with Crippen LogP contribution in [-0.2, 0) is 10.5 Å². The first-order valence-electron chi connectivity index (χ1n) is 6.58. The zero-order chi connectivity index (χ0) is 15.9. The van der Waals surface area contributed by atoms with Crippen molar-refractivity contribution in [2.75, 3.05) is 5.32 Å². The van der Waals surface area contributed by atoms with Gasteiger partial charge in [0.05, 0.1) is 4.92 Å². The molecule has 0 bridgehead atoms. The van der Waals surface area contributed by atoms with E-state index in [-0.39, 0.29) is 11.6 Å². The van der Waals surface area contributed by atoms with Crippen molar-refractivity contribution >= 4 is 29.2 Å². The maximum absolute atomic E-state index is 11.2. The van der Waals surface area contributed by atoms with Gasteiger partial charge in [-0.05, 0) is 17.7 Å². The Morgan fingerprint density at radius 3 is 2.77 bits per heavy atom. The van der Waals surface area contributed by atoms with Crippen LogP contribution in [0.25, 0.3) is 0 Å². The van der Waals surface area contributed by atoms with Gasteiger partial charge in [-0.1, -0.05) is 30.8 Å². The molecular formula is C14H14N4O3S. The molecule has 8 heteroatoms. The quantitative estimate of drug-likeness (QED) is 0.499. The van der Waals surface area contributed by atoms with Crippen LogP contribution in [0.1, 0.15) is 18.9 Å². The molecule has 0 aliphatic carbocycles. The Balaban J connectivity index is 1.95. The van der Waals surface area contributed by atoms with Crippen molar-refractivity contribution in [2.24, 2.45) is 0 Å². The van der Waals surface area contributed by atoms with Gasteiger partial charge in [-0.3, -0.25) is 14.9 Å². The van der Waals surface area contributed by atoms with E-state index in [4.69, 9.17) is 0 Å². The fraction of sp³-hybridized carbons (Fsp3) is 0.214. The van der Waals surface area contributed by atoms with Crippen LogP contribution in [0.2, 0.25) is 0 Å². The number of carbonyl (C=O) groups excluding carboxylic acids is 1. The minimum absolute atomic E-state index is 0.0711. The molecule has 0 saturated carbocycles. The van der Waals surface area contributed by atoms with Crippen LogP contribution in [0.3, 0.4) is 0 Å². The number of carbonyl (C=O) groups is 1. The highest BCUT2D eigenvalue weighted by atomic mass is 32.2. The standard InChI is InChI=1S/C14H14N4O3S/c1-2-13(19)15-12-6-7-14(17-16-12)22-9-10-4-3-5-11(8-10)18(20)21/h3-8H,2,9H2,1H3,(H,15,16,19). The lowest BCUT2D eigenvalue weighted by Crippen LogP contribution is -2.11. The lowest BCUT2D eigenvalue weighted by Gasteiger charge is -2.03. The maximum atomic E-state index is 11.2. The summed E-state index contributed by atoms with van der Waals surface area (Å²) in [6.07, 6.45) is 0.380. The number of benzene rings is 1. The average Bonchev–Trinajstić information content (AvgIpc) is 2.54. The van der Waals surface area contributed by atoms with Crippen molar-refractivity contribution in [1.29, 1.82) is 0 Å². The summed E-state index contributed by atoms with van der Waals surface area (Å²) in [6, 6.07) is 9.90. The van der Waals surface area contributed by atoms with E-state index >= 15 is 0 Å². The normalized spacial score (nSPS) is 10.2. The molecule has 0 unspecified atom stereocenters. The molecule has 2 rings (SSSR count). The van der Waals surface area contributed by atoms with E-state index in [1.54, 1.807) is 25.1 Å². The molecule has 0 spiro atoms. The summed E-state index contributed by atoms with van der Waals surface area (Å²) in [5.74, 6) is 0.842. The second-order valence-corrected chi connectivity index (χ2v) is 5.37. The van der Waals surface area contributed by atoms with Crippen molar-refractivity contribution in [2.45, 2.75) is 24.1 Å². The summed E-state index contributed by atoms with van der Waals surface area (Å²) in [5, 5.41) is 21.9. The Bertz CT molecular complexity index is 676. The first kappa shape index (κ1) is 15.9. The van der Waals surface area contributed by atoms with Crippen LogP contribution < -0.4 is 5.32 Å². The van der Waals surface area contributed by atoms with Gasteiger partial charge in [0.15, 0.2) is 5.82 Å². The fourth-order valence-corrected chi connectivity index (χ4v) is 2.37. The molecule has 1 amide bonds. The zero-order valence-corrected chi connectivity index (χ0v) is 12.7. The van der Waals surface area contributed by atoms with Gasteiger partial charge >= 0.3 is 0 Å². The number of anilines is 1. The fourth-order valence-electron chi connectivity index (χ4n) is 1.61. The zero-order valence-electron chi connectivity index (χ0n) is 11.9. The smallest absolute Gasteiger partial charge is 0.269 e. The predicted molar refractivity (Wildman–Crippen MR) is 83.6 cm³/mol. The highest BCUT2D eigenvalue weighted by molar-refractivity contribution is 7.98. The van der Waals surface area contributed by atoms with Crippen LogP contribution in [0, 0.1) is 10.1 Å². The second-order valence-electron chi connectivity index (χ2n) is 4.37. The third kappa shape index (κ3) is 4.52. The molecule has 1 aromatic heterocycles. The molecule has 0 radical (unpaired) electrons. The topological polar surface area (TPSA) is 98.0 Å². The number of aromatic nitrogens is 2. The molecular weight excluding hydrogens is 304 g/mol. The molecule has 0 fully saturated rings. The number of thioether (sulfide) groups is 1. The summed E-state index contributed by atoms with van der Waals surface area (Å²) < 4.78 is 0. The second kappa shape index (κ2) is 7.51. The predicted octanol–water partition coefficient (Wildman–Crippen LogP) is 3.03. The lowest BCUT2D eigenvalue weighted by molar-refractivity contribution is -0.384. The van der Waals surface area contributed by atoms with Crippen LogP contribution in [0.5, 0.6) is 0 Å². The number of nitrogens with one attached hydrogen (secondary N) is 1. The van der Waals surface area contributed by atoms with Gasteiger partial charge < -0.3 is 5.32 Å². The molecule has 0 atom stereocenters. The van der Waals surface area contributed by atoms with E-state index in [2.05, 4.69) is 15.5 Å². The molecule has 22 heavy (non-hydrogen) atoms. The Hall–Kier alpha value is -2.48. The number of rotatable bonds is 6. The molecule has 0 aliphatic heterocycles. The first-order valence-corrected chi connectivity index (χ1v) is 7.56. The van der Waals surface area contributed by atoms with Crippen molar-refractivity contribution in [3.63, 3.8) is 0 Å². The van der Waals surface area contributed by atoms with E-state index < -0.39 is 4.92 Å². The van der Waals surface area contributed by atoms with Gasteiger partial charge in [0.1, 0.15) is 5.03 Å². The molecule has 1 heterocycles. The van der Waals surface area contributed by atoms with E-state index in [0.717, 1.165) is 5.56 Å². The molecule has 2 aromatic rings. The highest BCUT2D eigenvalue weighted by Gasteiger charge is 2.07. The number of hydrogen-bond donors (Lipinski definition) is 1. The summed E-state index contributed by atoms with van der Waals surface area (Å²) in [6.45, 7) is 1.76. The summed E-state index contributed by atoms with van der Waals surface area (Å²) >= 11 is 1.42. The Labute approximate surface area is 131 Å². The van der Waals surface area contributed by atoms with Gasteiger partial charge in [0.25, 0.3) is 5.69 Å². The summed E-state index contributed by atoms with van der Waals surface area (Å²) in [7, 11) is 0. The largest absolute Gasteiger partial charge is 0.309 e. The molecule has 1 aromatic carbocycles. The molecule has 114 valence electrons. The van der Waals surface area contributed by atoms with Crippen molar-refractivity contribution < 1.29 is 9.72 Å². The van der Waals surface area contributed by atoms with Gasteiger partial charge in [-0.25, -0.2) is 0 Å². The third-order valence-corrected chi connectivity index (χ3v) is 3.73. The minimum Gasteiger partial charge on any atom is -0.309 e. The highest BCUT2D eigenvalue weighted by Crippen LogP contribution is 2.23. The third-order valence-electron chi connectivity index (χ3n) is 2.74. The molecule has 7 nitrogen and oxygen atoms in total. The number of amides is 1. The van der Waals surface area contributed by atoms with Crippen LogP contribution in [0.15, 0.2) is 41.4 Å². The van der Waals surface area contributed by atoms with Crippen molar-refractivity contribution in [3.05, 3.63) is 52.1 Å². The Morgan fingerprint density at radius 1 is 1.32 bits per heavy atom. The number of hydrogen-bond acceptors (Lipinski definition) is 6. The van der Waals surface area contributed by atoms with Crippen LogP contribution >= 0.6 is 11.8 Å². The van der Waals surface area contributed by atoms with Gasteiger partial charge in [-0.2, -0.15) is 0 Å². The van der Waals surface area contributed by atoms with Gasteiger partial charge in [0.2, 0.25) is 5.91 Å². The van der Waals surface area contributed by atoms with Crippen LogP contribution in [0.4, 0.5) is 11.5 Å². The van der Waals surface area contributed by atoms with E-state index in [0.29, 0.717) is 23.0 Å². The van der Waals surface area contributed by atoms with Gasteiger partial charge in [0, 0.05) is 24.3 Å². The average molecular weight is 318 g/mol. The molecule has 0 aliphatic rings.